The van der Waals surface area contributed by atoms with Crippen LogP contribution in [0.5, 0.6) is 0 Å². The molecule has 11 heavy (non-hydrogen) atoms. The van der Waals surface area contributed by atoms with Crippen molar-refractivity contribution < 1.29 is 13.6 Å². The maximum absolute atomic E-state index is 11.7. The van der Waals surface area contributed by atoms with Crippen molar-refractivity contribution in [1.29, 1.82) is 0 Å². The molecule has 0 unspecified atom stereocenters. The second-order valence-corrected chi connectivity index (χ2v) is 2.91. The van der Waals surface area contributed by atoms with Gasteiger partial charge in [-0.05, 0) is 5.92 Å². The lowest BCUT2D eigenvalue weighted by Crippen LogP contribution is -2.34. The molecule has 0 saturated heterocycles. The third-order valence-corrected chi connectivity index (χ3v) is 1.20. The Balaban J connectivity index is 3.83. The average molecular weight is 165 g/mol. The molecule has 0 N–H and O–H groups in total. The second-order valence-electron chi connectivity index (χ2n) is 2.91. The van der Waals surface area contributed by atoms with Gasteiger partial charge < -0.3 is 4.90 Å². The summed E-state index contributed by atoms with van der Waals surface area (Å²) in [7, 11) is 1.38. The van der Waals surface area contributed by atoms with Crippen LogP contribution in [0.3, 0.4) is 0 Å². The zero-order valence-electron chi connectivity index (χ0n) is 6.97. The second kappa shape index (κ2) is 4.26. The highest BCUT2D eigenvalue weighted by Crippen LogP contribution is 2.01. The lowest BCUT2D eigenvalue weighted by atomic mass is 10.2. The van der Waals surface area contributed by atoms with E-state index in [4.69, 9.17) is 0 Å². The molecule has 0 spiro atoms. The molecule has 0 radical (unpaired) electrons. The largest absolute Gasteiger partial charge is 0.341 e. The van der Waals surface area contributed by atoms with Crippen LogP contribution in [0, 0.1) is 5.92 Å². The van der Waals surface area contributed by atoms with Crippen LogP contribution in [-0.2, 0) is 4.79 Å². The molecule has 0 aliphatic carbocycles. The number of carbonyl (C=O) groups is 1. The Kier molecular flexibility index (Phi) is 4.00. The molecule has 0 bridgehead atoms. The van der Waals surface area contributed by atoms with Gasteiger partial charge >= 0.3 is 6.43 Å². The van der Waals surface area contributed by atoms with E-state index in [0.29, 0.717) is 6.54 Å². The molecule has 0 aromatic heterocycles. The van der Waals surface area contributed by atoms with Gasteiger partial charge in [0.2, 0.25) is 0 Å². The fourth-order valence-electron chi connectivity index (χ4n) is 0.804. The Bertz CT molecular complexity index is 136. The molecular weight excluding hydrogens is 152 g/mol. The van der Waals surface area contributed by atoms with Crippen molar-refractivity contribution in [3.63, 3.8) is 0 Å². The lowest BCUT2D eigenvalue weighted by Gasteiger charge is -2.18. The van der Waals surface area contributed by atoms with E-state index < -0.39 is 12.3 Å². The van der Waals surface area contributed by atoms with E-state index in [1.807, 2.05) is 13.8 Å². The molecule has 0 aromatic carbocycles. The monoisotopic (exact) mass is 165 g/mol. The predicted molar refractivity (Wildman–Crippen MR) is 38.5 cm³/mol. The van der Waals surface area contributed by atoms with Gasteiger partial charge in [0.25, 0.3) is 5.91 Å². The third-order valence-electron chi connectivity index (χ3n) is 1.20. The molecule has 4 heteroatoms. The summed E-state index contributed by atoms with van der Waals surface area (Å²) >= 11 is 0. The first-order chi connectivity index (χ1) is 4.95. The first kappa shape index (κ1) is 10.3. The maximum Gasteiger partial charge on any atom is 0.315 e. The van der Waals surface area contributed by atoms with Crippen molar-refractivity contribution in [2.75, 3.05) is 13.6 Å². The topological polar surface area (TPSA) is 20.3 Å². The van der Waals surface area contributed by atoms with Gasteiger partial charge in [-0.15, -0.1) is 0 Å². The fourth-order valence-corrected chi connectivity index (χ4v) is 0.804. The number of rotatable bonds is 3. The Morgan fingerprint density at radius 2 is 1.91 bits per heavy atom. The third kappa shape index (κ3) is 3.91. The van der Waals surface area contributed by atoms with E-state index >= 15 is 0 Å². The molecule has 2 nitrogen and oxygen atoms in total. The first-order valence-electron chi connectivity index (χ1n) is 3.48. The molecule has 0 saturated carbocycles. The average Bonchev–Trinajstić information content (AvgIpc) is 1.84. The van der Waals surface area contributed by atoms with Crippen molar-refractivity contribution in [2.45, 2.75) is 20.3 Å². The van der Waals surface area contributed by atoms with Crippen LogP contribution >= 0.6 is 0 Å². The Hall–Kier alpha value is -0.670. The number of carbonyl (C=O) groups excluding carboxylic acids is 1. The van der Waals surface area contributed by atoms with E-state index in [0.717, 1.165) is 4.90 Å². The van der Waals surface area contributed by atoms with Crippen LogP contribution in [-0.4, -0.2) is 30.8 Å². The number of amides is 1. The van der Waals surface area contributed by atoms with Crippen molar-refractivity contribution in [1.82, 2.24) is 4.90 Å². The summed E-state index contributed by atoms with van der Waals surface area (Å²) in [4.78, 5) is 11.6. The highest BCUT2D eigenvalue weighted by molar-refractivity contribution is 5.78. The maximum atomic E-state index is 11.7. The number of halogens is 2. The van der Waals surface area contributed by atoms with Gasteiger partial charge in [-0.2, -0.15) is 8.78 Å². The summed E-state index contributed by atoms with van der Waals surface area (Å²) in [6.07, 6.45) is -2.88. The quantitative estimate of drug-likeness (QED) is 0.618. The predicted octanol–water partition coefficient (Wildman–Crippen LogP) is 1.37. The molecule has 0 fully saturated rings. The minimum atomic E-state index is -2.88. The zero-order chi connectivity index (χ0) is 9.02. The normalized spacial score (nSPS) is 10.8. The summed E-state index contributed by atoms with van der Waals surface area (Å²) in [5.41, 5.74) is 0. The van der Waals surface area contributed by atoms with Crippen LogP contribution in [0.4, 0.5) is 8.78 Å². The van der Waals surface area contributed by atoms with Crippen molar-refractivity contribution in [3.8, 4) is 0 Å². The number of alkyl halides is 2. The summed E-state index contributed by atoms with van der Waals surface area (Å²) in [6.45, 7) is 4.12. The van der Waals surface area contributed by atoms with Crippen LogP contribution in [0.25, 0.3) is 0 Å². The molecule has 0 heterocycles. The SMILES string of the molecule is CC(C)CN(C)C(=O)C(F)F. The Morgan fingerprint density at radius 3 is 2.18 bits per heavy atom. The van der Waals surface area contributed by atoms with E-state index in [1.54, 1.807) is 0 Å². The minimum absolute atomic E-state index is 0.225. The lowest BCUT2D eigenvalue weighted by molar-refractivity contribution is -0.141. The summed E-state index contributed by atoms with van der Waals surface area (Å²) in [6, 6.07) is 0. The minimum Gasteiger partial charge on any atom is -0.341 e. The van der Waals surface area contributed by atoms with Crippen molar-refractivity contribution in [2.24, 2.45) is 5.92 Å². The van der Waals surface area contributed by atoms with Gasteiger partial charge in [-0.25, -0.2) is 0 Å². The van der Waals surface area contributed by atoms with Gasteiger partial charge in [0, 0.05) is 13.6 Å². The van der Waals surface area contributed by atoms with E-state index in [1.165, 1.54) is 7.05 Å². The zero-order valence-corrected chi connectivity index (χ0v) is 6.97. The first-order valence-corrected chi connectivity index (χ1v) is 3.48. The molecule has 0 rings (SSSR count). The fraction of sp³-hybridized carbons (Fsp3) is 0.857. The summed E-state index contributed by atoms with van der Waals surface area (Å²) < 4.78 is 23.5. The van der Waals surface area contributed by atoms with Gasteiger partial charge in [-0.1, -0.05) is 13.8 Å². The summed E-state index contributed by atoms with van der Waals surface area (Å²) in [5.74, 6) is -0.874. The van der Waals surface area contributed by atoms with Crippen LogP contribution in [0.1, 0.15) is 13.8 Å². The van der Waals surface area contributed by atoms with Gasteiger partial charge in [0.1, 0.15) is 0 Å². The highest BCUT2D eigenvalue weighted by Gasteiger charge is 2.19. The molecule has 66 valence electrons. The molecular formula is C7H13F2NO. The molecule has 0 aromatic rings. The van der Waals surface area contributed by atoms with Crippen molar-refractivity contribution >= 4 is 5.91 Å². The standard InChI is InChI=1S/C7H13F2NO/c1-5(2)4-10(3)7(11)6(8)9/h5-6H,4H2,1-3H3. The van der Waals surface area contributed by atoms with Gasteiger partial charge in [-0.3, -0.25) is 4.79 Å². The smallest absolute Gasteiger partial charge is 0.315 e. The summed E-state index contributed by atoms with van der Waals surface area (Å²) in [5, 5.41) is 0. The Labute approximate surface area is 65.2 Å². The van der Waals surface area contributed by atoms with Crippen LogP contribution < -0.4 is 0 Å². The number of hydrogen-bond donors (Lipinski definition) is 0. The van der Waals surface area contributed by atoms with Gasteiger partial charge in [0.05, 0.1) is 0 Å². The van der Waals surface area contributed by atoms with Crippen molar-refractivity contribution in [3.05, 3.63) is 0 Å². The Morgan fingerprint density at radius 1 is 1.45 bits per heavy atom. The molecule has 0 atom stereocenters. The molecule has 0 aliphatic heterocycles. The van der Waals surface area contributed by atoms with E-state index in [9.17, 15) is 13.6 Å². The van der Waals surface area contributed by atoms with E-state index in [-0.39, 0.29) is 5.92 Å². The highest BCUT2D eigenvalue weighted by atomic mass is 19.3. The molecule has 1 amide bonds. The van der Waals surface area contributed by atoms with Crippen LogP contribution in [0.15, 0.2) is 0 Å². The van der Waals surface area contributed by atoms with E-state index in [2.05, 4.69) is 0 Å². The molecule has 0 aliphatic rings. The number of hydrogen-bond acceptors (Lipinski definition) is 1. The van der Waals surface area contributed by atoms with Gasteiger partial charge in [0.15, 0.2) is 0 Å². The number of nitrogens with zero attached hydrogens (tertiary/aromatic N) is 1. The van der Waals surface area contributed by atoms with Crippen LogP contribution in [0.2, 0.25) is 0 Å².